The number of hydrogen-bond acceptors (Lipinski definition) is 5. The second kappa shape index (κ2) is 6.59. The van der Waals surface area contributed by atoms with E-state index in [2.05, 4.69) is 10.3 Å². The first-order valence-electron chi connectivity index (χ1n) is 4.20. The lowest BCUT2D eigenvalue weighted by molar-refractivity contribution is 0.0936. The van der Waals surface area contributed by atoms with E-state index in [1.807, 2.05) is 0 Å². The standard InChI is InChI=1S/C8H14N2O3/c11-2-4-12-3-1-9-5-8-6-10-7-13-8/h6-7,9,11H,1-5H2. The largest absolute Gasteiger partial charge is 0.447 e. The predicted molar refractivity (Wildman–Crippen MR) is 46.1 cm³/mol. The molecule has 0 aliphatic carbocycles. The Morgan fingerprint density at radius 2 is 2.46 bits per heavy atom. The van der Waals surface area contributed by atoms with Crippen molar-refractivity contribution in [2.45, 2.75) is 6.54 Å². The van der Waals surface area contributed by atoms with Gasteiger partial charge in [0.15, 0.2) is 6.39 Å². The number of nitrogens with zero attached hydrogens (tertiary/aromatic N) is 1. The number of ether oxygens (including phenoxy) is 1. The number of hydrogen-bond donors (Lipinski definition) is 2. The van der Waals surface area contributed by atoms with Crippen molar-refractivity contribution >= 4 is 0 Å². The van der Waals surface area contributed by atoms with Gasteiger partial charge in [-0.2, -0.15) is 0 Å². The van der Waals surface area contributed by atoms with E-state index < -0.39 is 0 Å². The average Bonchev–Trinajstić information content (AvgIpc) is 2.63. The second-order valence-electron chi connectivity index (χ2n) is 2.48. The van der Waals surface area contributed by atoms with Crippen LogP contribution in [0.25, 0.3) is 0 Å². The Labute approximate surface area is 76.7 Å². The summed E-state index contributed by atoms with van der Waals surface area (Å²) < 4.78 is 10.1. The summed E-state index contributed by atoms with van der Waals surface area (Å²) in [5.74, 6) is 0.808. The van der Waals surface area contributed by atoms with E-state index in [9.17, 15) is 0 Å². The second-order valence-corrected chi connectivity index (χ2v) is 2.48. The lowest BCUT2D eigenvalue weighted by atomic mass is 10.5. The van der Waals surface area contributed by atoms with Gasteiger partial charge in [0.2, 0.25) is 0 Å². The van der Waals surface area contributed by atoms with Gasteiger partial charge < -0.3 is 19.6 Å². The van der Waals surface area contributed by atoms with E-state index in [-0.39, 0.29) is 6.61 Å². The summed E-state index contributed by atoms with van der Waals surface area (Å²) in [4.78, 5) is 3.78. The third-order valence-corrected chi connectivity index (χ3v) is 1.44. The van der Waals surface area contributed by atoms with E-state index >= 15 is 0 Å². The Hall–Kier alpha value is -0.910. The predicted octanol–water partition coefficient (Wildman–Crippen LogP) is -0.227. The quantitative estimate of drug-likeness (QED) is 0.576. The lowest BCUT2D eigenvalue weighted by Gasteiger charge is -2.02. The molecule has 74 valence electrons. The van der Waals surface area contributed by atoms with Gasteiger partial charge in [0.1, 0.15) is 5.76 Å². The highest BCUT2D eigenvalue weighted by Gasteiger charge is 1.94. The van der Waals surface area contributed by atoms with Crippen LogP contribution in [-0.2, 0) is 11.3 Å². The number of oxazole rings is 1. The first kappa shape index (κ1) is 10.2. The molecule has 0 spiro atoms. The molecule has 0 saturated carbocycles. The van der Waals surface area contributed by atoms with Crippen LogP contribution in [0.4, 0.5) is 0 Å². The Morgan fingerprint density at radius 3 is 3.15 bits per heavy atom. The van der Waals surface area contributed by atoms with Gasteiger partial charge >= 0.3 is 0 Å². The molecule has 1 rings (SSSR count). The third kappa shape index (κ3) is 4.62. The minimum Gasteiger partial charge on any atom is -0.447 e. The van der Waals surface area contributed by atoms with Crippen molar-refractivity contribution in [2.75, 3.05) is 26.4 Å². The molecular weight excluding hydrogens is 172 g/mol. The van der Waals surface area contributed by atoms with Crippen LogP contribution in [0, 0.1) is 0 Å². The summed E-state index contributed by atoms with van der Waals surface area (Å²) in [5, 5.41) is 11.5. The molecule has 0 aliphatic rings. The third-order valence-electron chi connectivity index (χ3n) is 1.44. The molecule has 13 heavy (non-hydrogen) atoms. The fraction of sp³-hybridized carbons (Fsp3) is 0.625. The minimum absolute atomic E-state index is 0.0715. The van der Waals surface area contributed by atoms with Crippen molar-refractivity contribution in [3.05, 3.63) is 18.4 Å². The van der Waals surface area contributed by atoms with Gasteiger partial charge in [-0.15, -0.1) is 0 Å². The summed E-state index contributed by atoms with van der Waals surface area (Å²) >= 11 is 0. The minimum atomic E-state index is 0.0715. The molecule has 0 aromatic carbocycles. The van der Waals surface area contributed by atoms with E-state index in [0.29, 0.717) is 19.8 Å². The molecule has 1 aromatic heterocycles. The number of aromatic nitrogens is 1. The van der Waals surface area contributed by atoms with Crippen molar-refractivity contribution in [1.82, 2.24) is 10.3 Å². The molecule has 0 bridgehead atoms. The Balaban J connectivity index is 1.90. The van der Waals surface area contributed by atoms with E-state index in [1.165, 1.54) is 6.39 Å². The molecule has 0 amide bonds. The zero-order valence-corrected chi connectivity index (χ0v) is 7.40. The summed E-state index contributed by atoms with van der Waals surface area (Å²) in [6.07, 6.45) is 3.07. The monoisotopic (exact) mass is 186 g/mol. The van der Waals surface area contributed by atoms with Crippen LogP contribution in [0.15, 0.2) is 17.0 Å². The highest BCUT2D eigenvalue weighted by atomic mass is 16.5. The van der Waals surface area contributed by atoms with Crippen LogP contribution < -0.4 is 5.32 Å². The maximum Gasteiger partial charge on any atom is 0.180 e. The van der Waals surface area contributed by atoms with Gasteiger partial charge in [0, 0.05) is 6.54 Å². The molecule has 0 aliphatic heterocycles. The van der Waals surface area contributed by atoms with Crippen LogP contribution in [0.2, 0.25) is 0 Å². The lowest BCUT2D eigenvalue weighted by Crippen LogP contribution is -2.19. The van der Waals surface area contributed by atoms with E-state index in [0.717, 1.165) is 12.3 Å². The molecule has 1 heterocycles. The molecule has 0 unspecified atom stereocenters. The molecule has 5 nitrogen and oxygen atoms in total. The molecule has 2 N–H and O–H groups in total. The van der Waals surface area contributed by atoms with Crippen LogP contribution in [-0.4, -0.2) is 36.5 Å². The van der Waals surface area contributed by atoms with Gasteiger partial charge in [0.25, 0.3) is 0 Å². The summed E-state index contributed by atoms with van der Waals surface area (Å²) in [6.45, 7) is 2.45. The normalized spacial score (nSPS) is 10.5. The zero-order valence-electron chi connectivity index (χ0n) is 7.40. The molecule has 0 radical (unpaired) electrons. The summed E-state index contributed by atoms with van der Waals surface area (Å²) in [5.41, 5.74) is 0. The van der Waals surface area contributed by atoms with Crippen molar-refractivity contribution in [3.8, 4) is 0 Å². The Morgan fingerprint density at radius 1 is 1.54 bits per heavy atom. The molecule has 0 fully saturated rings. The smallest absolute Gasteiger partial charge is 0.180 e. The first-order valence-corrected chi connectivity index (χ1v) is 4.20. The fourth-order valence-electron chi connectivity index (χ4n) is 0.852. The van der Waals surface area contributed by atoms with Crippen LogP contribution in [0.5, 0.6) is 0 Å². The summed E-state index contributed by atoms with van der Waals surface area (Å²) in [6, 6.07) is 0. The van der Waals surface area contributed by atoms with Crippen LogP contribution >= 0.6 is 0 Å². The fourth-order valence-corrected chi connectivity index (χ4v) is 0.852. The topological polar surface area (TPSA) is 67.5 Å². The maximum absolute atomic E-state index is 8.40. The molecule has 5 heteroatoms. The van der Waals surface area contributed by atoms with Crippen LogP contribution in [0.1, 0.15) is 5.76 Å². The van der Waals surface area contributed by atoms with E-state index in [4.69, 9.17) is 14.3 Å². The number of rotatable bonds is 7. The van der Waals surface area contributed by atoms with Gasteiger partial charge in [-0.05, 0) is 0 Å². The van der Waals surface area contributed by atoms with Gasteiger partial charge in [0.05, 0.1) is 32.6 Å². The molecule has 0 saturated heterocycles. The van der Waals surface area contributed by atoms with Crippen molar-refractivity contribution in [2.24, 2.45) is 0 Å². The number of aliphatic hydroxyl groups is 1. The van der Waals surface area contributed by atoms with Crippen molar-refractivity contribution < 1.29 is 14.3 Å². The Kier molecular flexibility index (Phi) is 5.16. The van der Waals surface area contributed by atoms with Gasteiger partial charge in [-0.1, -0.05) is 0 Å². The number of aliphatic hydroxyl groups excluding tert-OH is 1. The van der Waals surface area contributed by atoms with Crippen molar-refractivity contribution in [3.63, 3.8) is 0 Å². The first-order chi connectivity index (χ1) is 6.43. The molecule has 1 aromatic rings. The summed E-state index contributed by atoms with van der Waals surface area (Å²) in [7, 11) is 0. The highest BCUT2D eigenvalue weighted by molar-refractivity contribution is 4.86. The van der Waals surface area contributed by atoms with Gasteiger partial charge in [-0.3, -0.25) is 0 Å². The maximum atomic E-state index is 8.40. The zero-order chi connectivity index (χ0) is 9.36. The van der Waals surface area contributed by atoms with Crippen molar-refractivity contribution in [1.29, 1.82) is 0 Å². The number of nitrogens with one attached hydrogen (secondary N) is 1. The van der Waals surface area contributed by atoms with Gasteiger partial charge in [-0.25, -0.2) is 4.98 Å². The molecule has 0 atom stereocenters. The Bertz CT molecular complexity index is 201. The highest BCUT2D eigenvalue weighted by Crippen LogP contribution is 1.93. The van der Waals surface area contributed by atoms with E-state index in [1.54, 1.807) is 6.20 Å². The molecular formula is C8H14N2O3. The average molecular weight is 186 g/mol. The SMILES string of the molecule is OCCOCCNCc1cnco1. The van der Waals surface area contributed by atoms with Crippen LogP contribution in [0.3, 0.4) is 0 Å².